The summed E-state index contributed by atoms with van der Waals surface area (Å²) in [6.45, 7) is 0.346. The van der Waals surface area contributed by atoms with E-state index in [-0.39, 0.29) is 0 Å². The van der Waals surface area contributed by atoms with Crippen LogP contribution in [-0.4, -0.2) is 0 Å². The summed E-state index contributed by atoms with van der Waals surface area (Å²) in [6.07, 6.45) is -4.56. The van der Waals surface area contributed by atoms with Crippen LogP contribution < -0.4 is 5.32 Å². The standard InChI is InChI=1S/C13H7BrClF3N2S/c14-11-4-9(21-12(11)15)6-20-8-2-1-7(5-19)10(3-8)13(16,17)18/h1-4,20H,6H2. The molecule has 8 heteroatoms. The van der Waals surface area contributed by atoms with Gasteiger partial charge in [0.25, 0.3) is 0 Å². The highest BCUT2D eigenvalue weighted by Gasteiger charge is 2.33. The van der Waals surface area contributed by atoms with Gasteiger partial charge < -0.3 is 5.32 Å². The normalized spacial score (nSPS) is 11.2. The minimum atomic E-state index is -4.56. The number of nitrogens with one attached hydrogen (secondary N) is 1. The van der Waals surface area contributed by atoms with Gasteiger partial charge in [-0.25, -0.2) is 0 Å². The van der Waals surface area contributed by atoms with Gasteiger partial charge in [0.15, 0.2) is 0 Å². The molecule has 0 radical (unpaired) electrons. The molecule has 21 heavy (non-hydrogen) atoms. The van der Waals surface area contributed by atoms with Gasteiger partial charge in [-0.2, -0.15) is 18.4 Å². The van der Waals surface area contributed by atoms with Crippen molar-refractivity contribution < 1.29 is 13.2 Å². The quantitative estimate of drug-likeness (QED) is 0.727. The molecule has 0 aliphatic carbocycles. The summed E-state index contributed by atoms with van der Waals surface area (Å²) < 4.78 is 39.8. The van der Waals surface area contributed by atoms with Crippen LogP contribution in [0.25, 0.3) is 0 Å². The highest BCUT2D eigenvalue weighted by Crippen LogP contribution is 2.35. The van der Waals surface area contributed by atoms with E-state index >= 15 is 0 Å². The van der Waals surface area contributed by atoms with E-state index in [1.807, 2.05) is 0 Å². The maximum Gasteiger partial charge on any atom is 0.417 e. The van der Waals surface area contributed by atoms with Gasteiger partial charge in [0, 0.05) is 21.6 Å². The summed E-state index contributed by atoms with van der Waals surface area (Å²) in [5.41, 5.74) is -1.04. The zero-order chi connectivity index (χ0) is 15.6. The maximum absolute atomic E-state index is 12.8. The lowest BCUT2D eigenvalue weighted by Crippen LogP contribution is -2.09. The number of rotatable bonds is 3. The van der Waals surface area contributed by atoms with Gasteiger partial charge in [0.2, 0.25) is 0 Å². The van der Waals surface area contributed by atoms with Crippen molar-refractivity contribution in [1.82, 2.24) is 0 Å². The van der Waals surface area contributed by atoms with Gasteiger partial charge in [0.1, 0.15) is 4.34 Å². The van der Waals surface area contributed by atoms with Crippen molar-refractivity contribution in [2.75, 3.05) is 5.32 Å². The third kappa shape index (κ3) is 3.90. The maximum atomic E-state index is 12.8. The van der Waals surface area contributed by atoms with E-state index in [1.54, 1.807) is 12.1 Å². The summed E-state index contributed by atoms with van der Waals surface area (Å²) in [6, 6.07) is 6.88. The molecule has 1 aromatic heterocycles. The van der Waals surface area contributed by atoms with E-state index in [9.17, 15) is 13.2 Å². The minimum absolute atomic E-state index is 0.293. The molecule has 0 fully saturated rings. The Bertz CT molecular complexity index is 687. The first-order valence-electron chi connectivity index (χ1n) is 5.60. The Morgan fingerprint density at radius 3 is 2.57 bits per heavy atom. The van der Waals surface area contributed by atoms with Crippen LogP contribution in [0.1, 0.15) is 16.0 Å². The Balaban J connectivity index is 2.20. The van der Waals surface area contributed by atoms with Crippen LogP contribution in [0.2, 0.25) is 4.34 Å². The molecule has 0 unspecified atom stereocenters. The number of alkyl halides is 3. The highest BCUT2D eigenvalue weighted by molar-refractivity contribution is 9.10. The van der Waals surface area contributed by atoms with E-state index in [2.05, 4.69) is 21.2 Å². The molecule has 0 aliphatic rings. The van der Waals surface area contributed by atoms with Crippen molar-refractivity contribution in [1.29, 1.82) is 5.26 Å². The number of hydrogen-bond acceptors (Lipinski definition) is 3. The summed E-state index contributed by atoms with van der Waals surface area (Å²) >= 11 is 10.5. The van der Waals surface area contributed by atoms with Gasteiger partial charge in [-0.3, -0.25) is 0 Å². The summed E-state index contributed by atoms with van der Waals surface area (Å²) in [5, 5.41) is 11.6. The van der Waals surface area contributed by atoms with Crippen molar-refractivity contribution >= 4 is 44.6 Å². The minimum Gasteiger partial charge on any atom is -0.380 e. The Hall–Kier alpha value is -1.23. The van der Waals surface area contributed by atoms with Crippen LogP contribution in [0, 0.1) is 11.3 Å². The number of benzene rings is 1. The number of thiophene rings is 1. The Morgan fingerprint density at radius 1 is 1.33 bits per heavy atom. The molecule has 1 N–H and O–H groups in total. The zero-order valence-electron chi connectivity index (χ0n) is 10.3. The predicted molar refractivity (Wildman–Crippen MR) is 80.5 cm³/mol. The van der Waals surface area contributed by atoms with Crippen molar-refractivity contribution in [2.45, 2.75) is 12.7 Å². The van der Waals surface area contributed by atoms with Crippen molar-refractivity contribution in [3.05, 3.63) is 49.1 Å². The Kier molecular flexibility index (Phi) is 4.81. The molecule has 2 aromatic rings. The smallest absolute Gasteiger partial charge is 0.380 e. The van der Waals surface area contributed by atoms with E-state index < -0.39 is 17.3 Å². The van der Waals surface area contributed by atoms with E-state index in [0.29, 0.717) is 16.6 Å². The second-order valence-corrected chi connectivity index (χ2v) is 6.65. The first kappa shape index (κ1) is 16.1. The number of nitriles is 1. The van der Waals surface area contributed by atoms with Crippen LogP contribution in [-0.2, 0) is 12.7 Å². The Morgan fingerprint density at radius 2 is 2.05 bits per heavy atom. The molecule has 0 spiro atoms. The fourth-order valence-electron chi connectivity index (χ4n) is 1.65. The van der Waals surface area contributed by atoms with Gasteiger partial charge in [-0.05, 0) is 40.2 Å². The average Bonchev–Trinajstić information content (AvgIpc) is 2.74. The fourth-order valence-corrected chi connectivity index (χ4v) is 3.38. The summed E-state index contributed by atoms with van der Waals surface area (Å²) in [7, 11) is 0. The molecule has 2 nitrogen and oxygen atoms in total. The molecular formula is C13H7BrClF3N2S. The largest absolute Gasteiger partial charge is 0.417 e. The van der Waals surface area contributed by atoms with Gasteiger partial charge in [-0.1, -0.05) is 11.6 Å². The molecule has 0 atom stereocenters. The molecule has 2 rings (SSSR count). The van der Waals surface area contributed by atoms with Gasteiger partial charge in [0.05, 0.1) is 17.2 Å². The lowest BCUT2D eigenvalue weighted by molar-refractivity contribution is -0.137. The monoisotopic (exact) mass is 394 g/mol. The van der Waals surface area contributed by atoms with Gasteiger partial charge >= 0.3 is 6.18 Å². The number of nitrogens with zero attached hydrogens (tertiary/aromatic N) is 1. The molecule has 1 heterocycles. The first-order valence-corrected chi connectivity index (χ1v) is 7.59. The number of anilines is 1. The lowest BCUT2D eigenvalue weighted by atomic mass is 10.1. The van der Waals surface area contributed by atoms with E-state index in [1.165, 1.54) is 17.4 Å². The number of hydrogen-bond donors (Lipinski definition) is 1. The summed E-state index contributed by atoms with van der Waals surface area (Å²) in [4.78, 5) is 0.879. The number of halogens is 5. The van der Waals surface area contributed by atoms with Gasteiger partial charge in [-0.15, -0.1) is 11.3 Å². The molecule has 0 saturated carbocycles. The second kappa shape index (κ2) is 6.26. The molecule has 0 aliphatic heterocycles. The molecule has 0 saturated heterocycles. The average molecular weight is 396 g/mol. The molecule has 0 amide bonds. The van der Waals surface area contributed by atoms with Crippen LogP contribution in [0.15, 0.2) is 28.7 Å². The zero-order valence-corrected chi connectivity index (χ0v) is 13.4. The third-order valence-electron chi connectivity index (χ3n) is 2.61. The molecular weight excluding hydrogens is 389 g/mol. The van der Waals surface area contributed by atoms with Crippen molar-refractivity contribution in [3.8, 4) is 6.07 Å². The summed E-state index contributed by atoms with van der Waals surface area (Å²) in [5.74, 6) is 0. The lowest BCUT2D eigenvalue weighted by Gasteiger charge is -2.11. The predicted octanol–water partition coefficient (Wildman–Crippen LogP) is 5.67. The molecule has 1 aromatic carbocycles. The van der Waals surface area contributed by atoms with Crippen molar-refractivity contribution in [3.63, 3.8) is 0 Å². The topological polar surface area (TPSA) is 35.8 Å². The van der Waals surface area contributed by atoms with Crippen LogP contribution >= 0.6 is 38.9 Å². The SMILES string of the molecule is N#Cc1ccc(NCc2cc(Br)c(Cl)s2)cc1C(F)(F)F. The molecule has 110 valence electrons. The van der Waals surface area contributed by atoms with E-state index in [4.69, 9.17) is 16.9 Å². The van der Waals surface area contributed by atoms with Crippen molar-refractivity contribution in [2.24, 2.45) is 0 Å². The van der Waals surface area contributed by atoms with Crippen LogP contribution in [0.3, 0.4) is 0 Å². The third-order valence-corrected chi connectivity index (χ3v) is 5.08. The molecule has 0 bridgehead atoms. The first-order chi connectivity index (χ1) is 9.81. The highest BCUT2D eigenvalue weighted by atomic mass is 79.9. The van der Waals surface area contributed by atoms with Crippen LogP contribution in [0.4, 0.5) is 18.9 Å². The van der Waals surface area contributed by atoms with E-state index in [0.717, 1.165) is 21.5 Å². The Labute approximate surface area is 136 Å². The fraction of sp³-hybridized carbons (Fsp3) is 0.154. The second-order valence-electron chi connectivity index (χ2n) is 4.06. The van der Waals surface area contributed by atoms with Crippen LogP contribution in [0.5, 0.6) is 0 Å².